The van der Waals surface area contributed by atoms with Gasteiger partial charge in [0, 0.05) is 13.2 Å². The number of urea groups is 1. The first-order valence-corrected chi connectivity index (χ1v) is 8.92. The molecule has 28 heavy (non-hydrogen) atoms. The first-order chi connectivity index (χ1) is 13.3. The molecule has 0 spiro atoms. The van der Waals surface area contributed by atoms with Crippen molar-refractivity contribution in [3.05, 3.63) is 53.2 Å². The van der Waals surface area contributed by atoms with Gasteiger partial charge in [-0.05, 0) is 48.7 Å². The average molecular weight is 389 g/mol. The number of halogens is 2. The molecule has 0 aliphatic carbocycles. The Balaban J connectivity index is 1.92. The van der Waals surface area contributed by atoms with Crippen molar-refractivity contribution in [2.45, 2.75) is 32.7 Å². The van der Waals surface area contributed by atoms with Gasteiger partial charge in [0.25, 0.3) is 6.43 Å². The van der Waals surface area contributed by atoms with Crippen LogP contribution in [0.3, 0.4) is 0 Å². The number of aromatic nitrogens is 1. The van der Waals surface area contributed by atoms with Gasteiger partial charge in [0.15, 0.2) is 0 Å². The van der Waals surface area contributed by atoms with Gasteiger partial charge in [-0.1, -0.05) is 13.0 Å². The molecule has 1 aliphatic rings. The zero-order valence-electron chi connectivity index (χ0n) is 15.8. The second-order valence-corrected chi connectivity index (χ2v) is 6.68. The van der Waals surface area contributed by atoms with E-state index in [0.717, 1.165) is 11.1 Å². The third kappa shape index (κ3) is 3.67. The molecule has 3 rings (SSSR count). The Morgan fingerprint density at radius 1 is 1.29 bits per heavy atom. The zero-order valence-corrected chi connectivity index (χ0v) is 15.8. The molecule has 8 heteroatoms. The van der Waals surface area contributed by atoms with Crippen molar-refractivity contribution < 1.29 is 23.1 Å². The molecule has 1 aromatic carbocycles. The minimum absolute atomic E-state index is 0.152. The molecule has 0 saturated carbocycles. The Morgan fingerprint density at radius 2 is 2.04 bits per heavy atom. The maximum Gasteiger partial charge on any atom is 0.324 e. The maximum absolute atomic E-state index is 13.1. The Bertz CT molecular complexity index is 904. The summed E-state index contributed by atoms with van der Waals surface area (Å²) in [7, 11) is 1.64. The van der Waals surface area contributed by atoms with Crippen LogP contribution in [0.4, 0.5) is 13.6 Å². The van der Waals surface area contributed by atoms with E-state index in [1.54, 1.807) is 25.2 Å². The Labute approximate surface area is 161 Å². The van der Waals surface area contributed by atoms with Crippen molar-refractivity contribution in [1.29, 1.82) is 0 Å². The molecule has 2 atom stereocenters. The lowest BCUT2D eigenvalue weighted by atomic mass is 9.85. The normalized spacial score (nSPS) is 19.7. The van der Waals surface area contributed by atoms with Gasteiger partial charge in [-0.25, -0.2) is 18.6 Å². The van der Waals surface area contributed by atoms with Crippen molar-refractivity contribution in [3.8, 4) is 11.6 Å². The molecule has 1 aromatic heterocycles. The molecule has 2 aromatic rings. The second-order valence-electron chi connectivity index (χ2n) is 6.68. The van der Waals surface area contributed by atoms with Gasteiger partial charge in [-0.15, -0.1) is 0 Å². The number of amides is 3. The lowest BCUT2D eigenvalue weighted by Crippen LogP contribution is -2.54. The molecule has 0 radical (unpaired) electrons. The van der Waals surface area contributed by atoms with Crippen molar-refractivity contribution in [2.75, 3.05) is 7.05 Å². The molecule has 6 nitrogen and oxygen atoms in total. The number of carbonyl (C=O) groups excluding carboxylic acids is 2. The monoisotopic (exact) mass is 389 g/mol. The SMILES string of the molecule is CCC1C(=O)NC(=O)N(C)C1c1ccc(Oc2ncccc2C(F)F)cc1C. The maximum atomic E-state index is 13.1. The van der Waals surface area contributed by atoms with E-state index < -0.39 is 18.5 Å². The van der Waals surface area contributed by atoms with Crippen LogP contribution in [0.25, 0.3) is 0 Å². The summed E-state index contributed by atoms with van der Waals surface area (Å²) < 4.78 is 31.8. The number of nitrogens with one attached hydrogen (secondary N) is 1. The van der Waals surface area contributed by atoms with Crippen molar-refractivity contribution in [1.82, 2.24) is 15.2 Å². The van der Waals surface area contributed by atoms with E-state index in [1.165, 1.54) is 23.2 Å². The van der Waals surface area contributed by atoms with Gasteiger partial charge < -0.3 is 9.64 Å². The van der Waals surface area contributed by atoms with Crippen LogP contribution in [-0.2, 0) is 4.79 Å². The summed E-state index contributed by atoms with van der Waals surface area (Å²) in [4.78, 5) is 29.7. The highest BCUT2D eigenvalue weighted by atomic mass is 19.3. The lowest BCUT2D eigenvalue weighted by Gasteiger charge is -2.38. The number of pyridine rings is 1. The van der Waals surface area contributed by atoms with Gasteiger partial charge >= 0.3 is 6.03 Å². The van der Waals surface area contributed by atoms with Crippen LogP contribution in [0.15, 0.2) is 36.5 Å². The summed E-state index contributed by atoms with van der Waals surface area (Å²) in [5, 5.41) is 2.35. The molecule has 1 N–H and O–H groups in total. The smallest absolute Gasteiger partial charge is 0.324 e. The van der Waals surface area contributed by atoms with E-state index in [-0.39, 0.29) is 23.3 Å². The molecule has 0 bridgehead atoms. The number of benzene rings is 1. The number of alkyl halides is 2. The summed E-state index contributed by atoms with van der Waals surface area (Å²) in [6.45, 7) is 3.72. The Morgan fingerprint density at radius 3 is 2.68 bits per heavy atom. The number of hydrogen-bond donors (Lipinski definition) is 1. The van der Waals surface area contributed by atoms with Crippen molar-refractivity contribution >= 4 is 11.9 Å². The van der Waals surface area contributed by atoms with Crippen LogP contribution in [0.5, 0.6) is 11.6 Å². The number of hydrogen-bond acceptors (Lipinski definition) is 4. The van der Waals surface area contributed by atoms with Crippen LogP contribution in [0.2, 0.25) is 0 Å². The quantitative estimate of drug-likeness (QED) is 0.824. The van der Waals surface area contributed by atoms with E-state index in [0.29, 0.717) is 12.2 Å². The molecule has 1 aliphatic heterocycles. The van der Waals surface area contributed by atoms with Crippen LogP contribution >= 0.6 is 0 Å². The number of aryl methyl sites for hydroxylation is 1. The summed E-state index contributed by atoms with van der Waals surface area (Å²) in [5.74, 6) is -0.482. The fraction of sp³-hybridized carbons (Fsp3) is 0.350. The average Bonchev–Trinajstić information content (AvgIpc) is 2.65. The number of carbonyl (C=O) groups is 2. The first-order valence-electron chi connectivity index (χ1n) is 8.92. The van der Waals surface area contributed by atoms with Gasteiger partial charge in [0.05, 0.1) is 17.5 Å². The highest BCUT2D eigenvalue weighted by Crippen LogP contribution is 2.37. The van der Waals surface area contributed by atoms with Gasteiger partial charge in [0.2, 0.25) is 11.8 Å². The second kappa shape index (κ2) is 7.92. The summed E-state index contributed by atoms with van der Waals surface area (Å²) in [5.41, 5.74) is 1.30. The fourth-order valence-electron chi connectivity index (χ4n) is 3.47. The van der Waals surface area contributed by atoms with Gasteiger partial charge in [-0.2, -0.15) is 0 Å². The zero-order chi connectivity index (χ0) is 20.4. The highest BCUT2D eigenvalue weighted by molar-refractivity contribution is 5.98. The highest BCUT2D eigenvalue weighted by Gasteiger charge is 2.39. The number of rotatable bonds is 5. The van der Waals surface area contributed by atoms with Crippen LogP contribution in [-0.4, -0.2) is 28.9 Å². The Hall–Kier alpha value is -3.03. The molecule has 1 saturated heterocycles. The van der Waals surface area contributed by atoms with E-state index in [4.69, 9.17) is 4.74 Å². The largest absolute Gasteiger partial charge is 0.439 e. The minimum atomic E-state index is -2.70. The van der Waals surface area contributed by atoms with E-state index in [2.05, 4.69) is 10.3 Å². The predicted molar refractivity (Wildman–Crippen MR) is 98.3 cm³/mol. The number of nitrogens with zero attached hydrogens (tertiary/aromatic N) is 2. The van der Waals surface area contributed by atoms with Crippen molar-refractivity contribution in [3.63, 3.8) is 0 Å². The number of ether oxygens (including phenoxy) is 1. The molecule has 3 amide bonds. The standard InChI is InChI=1S/C20H21F2N3O3/c1-4-13-16(25(3)20(27)24-18(13)26)14-8-7-12(10-11(14)2)28-19-15(17(21)22)6-5-9-23-19/h5-10,13,16-17H,4H2,1-3H3,(H,24,26,27). The van der Waals surface area contributed by atoms with Crippen molar-refractivity contribution in [2.24, 2.45) is 5.92 Å². The topological polar surface area (TPSA) is 71.5 Å². The molecule has 148 valence electrons. The molecular formula is C20H21F2N3O3. The van der Waals surface area contributed by atoms with E-state index in [9.17, 15) is 18.4 Å². The summed E-state index contributed by atoms with van der Waals surface area (Å²) in [6.07, 6.45) is -0.748. The van der Waals surface area contributed by atoms with Gasteiger partial charge in [-0.3, -0.25) is 10.1 Å². The third-order valence-electron chi connectivity index (χ3n) is 4.94. The lowest BCUT2D eigenvalue weighted by molar-refractivity contribution is -0.128. The summed E-state index contributed by atoms with van der Waals surface area (Å²) in [6, 6.07) is 6.91. The minimum Gasteiger partial charge on any atom is -0.439 e. The fourth-order valence-corrected chi connectivity index (χ4v) is 3.47. The van der Waals surface area contributed by atoms with E-state index >= 15 is 0 Å². The molecule has 2 unspecified atom stereocenters. The third-order valence-corrected chi connectivity index (χ3v) is 4.94. The van der Waals surface area contributed by atoms with Gasteiger partial charge in [0.1, 0.15) is 5.75 Å². The Kier molecular flexibility index (Phi) is 5.58. The van der Waals surface area contributed by atoms with Crippen LogP contribution in [0.1, 0.15) is 42.5 Å². The molecule has 2 heterocycles. The van der Waals surface area contributed by atoms with E-state index in [1.807, 2.05) is 13.8 Å². The predicted octanol–water partition coefficient (Wildman–Crippen LogP) is 4.37. The number of imide groups is 1. The first kappa shape index (κ1) is 19.7. The summed E-state index contributed by atoms with van der Waals surface area (Å²) >= 11 is 0. The van der Waals surface area contributed by atoms with Crippen LogP contribution < -0.4 is 10.1 Å². The molecular weight excluding hydrogens is 368 g/mol. The van der Waals surface area contributed by atoms with Crippen LogP contribution in [0, 0.1) is 12.8 Å². The molecule has 1 fully saturated rings.